The molecule has 2 rings (SSSR count). The van der Waals surface area contributed by atoms with Gasteiger partial charge in [-0.3, -0.25) is 9.78 Å². The first-order valence-corrected chi connectivity index (χ1v) is 6.27. The second-order valence-corrected chi connectivity index (χ2v) is 4.04. The van der Waals surface area contributed by atoms with Crippen LogP contribution in [0.2, 0.25) is 0 Å². The van der Waals surface area contributed by atoms with Gasteiger partial charge in [0.05, 0.1) is 13.3 Å². The molecule has 6 nitrogen and oxygen atoms in total. The van der Waals surface area contributed by atoms with E-state index in [2.05, 4.69) is 15.5 Å². The zero-order valence-corrected chi connectivity index (χ0v) is 11.5. The SMILES string of the molecule is COc1ccc(OCC(=O)NN=Cc2cccnc2)cc1. The van der Waals surface area contributed by atoms with E-state index in [4.69, 9.17) is 9.47 Å². The van der Waals surface area contributed by atoms with Crippen LogP contribution in [-0.2, 0) is 4.79 Å². The van der Waals surface area contributed by atoms with Crippen LogP contribution in [0.3, 0.4) is 0 Å². The van der Waals surface area contributed by atoms with Gasteiger partial charge < -0.3 is 9.47 Å². The van der Waals surface area contributed by atoms with E-state index in [1.54, 1.807) is 49.8 Å². The summed E-state index contributed by atoms with van der Waals surface area (Å²) in [6.45, 7) is -0.114. The molecule has 0 spiro atoms. The van der Waals surface area contributed by atoms with Crippen LogP contribution in [-0.4, -0.2) is 30.8 Å². The summed E-state index contributed by atoms with van der Waals surface area (Å²) in [7, 11) is 1.59. The summed E-state index contributed by atoms with van der Waals surface area (Å²) in [6.07, 6.45) is 4.82. The molecule has 0 aliphatic heterocycles. The summed E-state index contributed by atoms with van der Waals surface area (Å²) in [5.74, 6) is 0.973. The molecule has 0 aliphatic carbocycles. The first-order chi connectivity index (χ1) is 10.3. The van der Waals surface area contributed by atoms with Gasteiger partial charge in [0.2, 0.25) is 0 Å². The Morgan fingerprint density at radius 1 is 1.29 bits per heavy atom. The molecule has 0 aliphatic rings. The van der Waals surface area contributed by atoms with Crippen molar-refractivity contribution in [1.82, 2.24) is 10.4 Å². The number of hydrazone groups is 1. The number of pyridine rings is 1. The third-order valence-corrected chi connectivity index (χ3v) is 2.52. The summed E-state index contributed by atoms with van der Waals surface area (Å²) in [5, 5.41) is 3.82. The monoisotopic (exact) mass is 285 g/mol. The highest BCUT2D eigenvalue weighted by molar-refractivity contribution is 5.82. The number of aromatic nitrogens is 1. The second-order valence-electron chi connectivity index (χ2n) is 4.04. The Hall–Kier alpha value is -2.89. The fourth-order valence-electron chi connectivity index (χ4n) is 1.48. The lowest BCUT2D eigenvalue weighted by Gasteiger charge is -2.05. The van der Waals surface area contributed by atoms with E-state index in [1.165, 1.54) is 6.21 Å². The largest absolute Gasteiger partial charge is 0.497 e. The lowest BCUT2D eigenvalue weighted by atomic mass is 10.3. The van der Waals surface area contributed by atoms with Gasteiger partial charge in [-0.15, -0.1) is 0 Å². The Labute approximate surface area is 122 Å². The summed E-state index contributed by atoms with van der Waals surface area (Å²) in [4.78, 5) is 15.5. The number of amides is 1. The lowest BCUT2D eigenvalue weighted by molar-refractivity contribution is -0.123. The first-order valence-electron chi connectivity index (χ1n) is 6.27. The number of rotatable bonds is 6. The van der Waals surface area contributed by atoms with E-state index in [0.29, 0.717) is 5.75 Å². The molecule has 0 atom stereocenters. The highest BCUT2D eigenvalue weighted by Crippen LogP contribution is 2.16. The molecule has 0 bridgehead atoms. The normalized spacial score (nSPS) is 10.3. The van der Waals surface area contributed by atoms with E-state index in [9.17, 15) is 4.79 Å². The molecule has 0 saturated heterocycles. The van der Waals surface area contributed by atoms with E-state index in [0.717, 1.165) is 11.3 Å². The van der Waals surface area contributed by atoms with Crippen molar-refractivity contribution in [3.8, 4) is 11.5 Å². The Kier molecular flexibility index (Phi) is 5.28. The molecular weight excluding hydrogens is 270 g/mol. The number of carbonyl (C=O) groups excluding carboxylic acids is 1. The van der Waals surface area contributed by atoms with Crippen LogP contribution in [0.4, 0.5) is 0 Å². The molecule has 0 fully saturated rings. The number of benzene rings is 1. The molecule has 6 heteroatoms. The molecule has 0 saturated carbocycles. The zero-order chi connectivity index (χ0) is 14.9. The Balaban J connectivity index is 1.75. The van der Waals surface area contributed by atoms with Crippen molar-refractivity contribution in [2.24, 2.45) is 5.10 Å². The standard InChI is InChI=1S/C15H15N3O3/c1-20-13-4-6-14(7-5-13)21-11-15(19)18-17-10-12-3-2-8-16-9-12/h2-10H,11H2,1H3,(H,18,19). The van der Waals surface area contributed by atoms with Gasteiger partial charge in [0, 0.05) is 18.0 Å². The number of carbonyl (C=O) groups is 1. The smallest absolute Gasteiger partial charge is 0.277 e. The summed E-state index contributed by atoms with van der Waals surface area (Å²) < 4.78 is 10.3. The van der Waals surface area contributed by atoms with Crippen LogP contribution in [0.15, 0.2) is 53.9 Å². The van der Waals surface area contributed by atoms with Crippen LogP contribution in [0, 0.1) is 0 Å². The Bertz CT molecular complexity index is 597. The molecule has 1 heterocycles. The van der Waals surface area contributed by atoms with Gasteiger partial charge in [0.1, 0.15) is 11.5 Å². The fraction of sp³-hybridized carbons (Fsp3) is 0.133. The molecule has 2 aromatic rings. The Morgan fingerprint density at radius 3 is 2.71 bits per heavy atom. The third kappa shape index (κ3) is 4.94. The summed E-state index contributed by atoms with van der Waals surface area (Å²) in [6, 6.07) is 10.6. The molecule has 0 unspecified atom stereocenters. The zero-order valence-electron chi connectivity index (χ0n) is 11.5. The molecule has 1 aromatic carbocycles. The van der Waals surface area contributed by atoms with Crippen molar-refractivity contribution in [3.63, 3.8) is 0 Å². The maximum Gasteiger partial charge on any atom is 0.277 e. The predicted octanol–water partition coefficient (Wildman–Crippen LogP) is 1.62. The van der Waals surface area contributed by atoms with Crippen molar-refractivity contribution >= 4 is 12.1 Å². The van der Waals surface area contributed by atoms with E-state index in [-0.39, 0.29) is 12.5 Å². The summed E-state index contributed by atoms with van der Waals surface area (Å²) >= 11 is 0. The lowest BCUT2D eigenvalue weighted by Crippen LogP contribution is -2.24. The molecular formula is C15H15N3O3. The quantitative estimate of drug-likeness (QED) is 0.646. The van der Waals surface area contributed by atoms with Crippen LogP contribution >= 0.6 is 0 Å². The topological polar surface area (TPSA) is 72.8 Å². The molecule has 1 aromatic heterocycles. The molecule has 1 N–H and O–H groups in total. The van der Waals surface area contributed by atoms with Gasteiger partial charge in [0.25, 0.3) is 5.91 Å². The third-order valence-electron chi connectivity index (χ3n) is 2.52. The van der Waals surface area contributed by atoms with Crippen molar-refractivity contribution < 1.29 is 14.3 Å². The number of nitrogens with zero attached hydrogens (tertiary/aromatic N) is 2. The van der Waals surface area contributed by atoms with Crippen molar-refractivity contribution in [1.29, 1.82) is 0 Å². The number of methoxy groups -OCH3 is 1. The molecule has 1 amide bonds. The van der Waals surface area contributed by atoms with Gasteiger partial charge >= 0.3 is 0 Å². The van der Waals surface area contributed by atoms with Crippen molar-refractivity contribution in [2.75, 3.05) is 13.7 Å². The molecule has 108 valence electrons. The average Bonchev–Trinajstić information content (AvgIpc) is 2.54. The van der Waals surface area contributed by atoms with Crippen LogP contribution in [0.5, 0.6) is 11.5 Å². The van der Waals surface area contributed by atoms with Crippen LogP contribution in [0.1, 0.15) is 5.56 Å². The van der Waals surface area contributed by atoms with Crippen molar-refractivity contribution in [2.45, 2.75) is 0 Å². The predicted molar refractivity (Wildman–Crippen MR) is 78.5 cm³/mol. The average molecular weight is 285 g/mol. The minimum absolute atomic E-state index is 0.114. The van der Waals surface area contributed by atoms with Gasteiger partial charge in [-0.2, -0.15) is 5.10 Å². The van der Waals surface area contributed by atoms with Gasteiger partial charge in [-0.05, 0) is 30.3 Å². The highest BCUT2D eigenvalue weighted by atomic mass is 16.5. The van der Waals surface area contributed by atoms with E-state index < -0.39 is 0 Å². The molecule has 21 heavy (non-hydrogen) atoms. The minimum Gasteiger partial charge on any atom is -0.497 e. The number of hydrogen-bond donors (Lipinski definition) is 1. The van der Waals surface area contributed by atoms with E-state index >= 15 is 0 Å². The minimum atomic E-state index is -0.342. The summed E-state index contributed by atoms with van der Waals surface area (Å²) in [5.41, 5.74) is 3.18. The maximum atomic E-state index is 11.5. The highest BCUT2D eigenvalue weighted by Gasteiger charge is 2.01. The molecule has 0 radical (unpaired) electrons. The van der Waals surface area contributed by atoms with Crippen LogP contribution in [0.25, 0.3) is 0 Å². The Morgan fingerprint density at radius 2 is 2.05 bits per heavy atom. The maximum absolute atomic E-state index is 11.5. The number of hydrogen-bond acceptors (Lipinski definition) is 5. The first kappa shape index (κ1) is 14.5. The number of ether oxygens (including phenoxy) is 2. The van der Waals surface area contributed by atoms with Crippen molar-refractivity contribution in [3.05, 3.63) is 54.4 Å². The van der Waals surface area contributed by atoms with Gasteiger partial charge in [0.15, 0.2) is 6.61 Å². The van der Waals surface area contributed by atoms with Crippen LogP contribution < -0.4 is 14.9 Å². The van der Waals surface area contributed by atoms with Gasteiger partial charge in [-0.25, -0.2) is 5.43 Å². The van der Waals surface area contributed by atoms with Gasteiger partial charge in [-0.1, -0.05) is 6.07 Å². The fourth-order valence-corrected chi connectivity index (χ4v) is 1.48. The number of nitrogens with one attached hydrogen (secondary N) is 1. The second kappa shape index (κ2) is 7.64. The van der Waals surface area contributed by atoms with E-state index in [1.807, 2.05) is 6.07 Å².